The van der Waals surface area contributed by atoms with Crippen molar-refractivity contribution in [1.82, 2.24) is 0 Å². The van der Waals surface area contributed by atoms with Gasteiger partial charge >= 0.3 is 11.9 Å². The highest BCUT2D eigenvalue weighted by Gasteiger charge is 2.33. The maximum atomic E-state index is 12.2. The van der Waals surface area contributed by atoms with E-state index in [2.05, 4.69) is 32.1 Å². The normalized spacial score (nSPS) is 11.8. The monoisotopic (exact) mass is 628 g/mol. The van der Waals surface area contributed by atoms with Crippen molar-refractivity contribution >= 4 is 11.9 Å². The van der Waals surface area contributed by atoms with Crippen molar-refractivity contribution < 1.29 is 43.8 Å². The number of hydrogen-bond donors (Lipinski definition) is 2. The first-order chi connectivity index (χ1) is 21.4. The number of unbranched alkanes of at least 4 members (excludes halogenated alkanes) is 9. The van der Waals surface area contributed by atoms with Gasteiger partial charge in [-0.05, 0) is 57.8 Å². The molecule has 0 aromatic carbocycles. The number of nitrogens with zero attached hydrogens (tertiary/aromatic N) is 1. The van der Waals surface area contributed by atoms with Gasteiger partial charge in [0.15, 0.2) is 6.61 Å². The van der Waals surface area contributed by atoms with Crippen LogP contribution in [-0.2, 0) is 28.6 Å². The molecule has 0 saturated carbocycles. The summed E-state index contributed by atoms with van der Waals surface area (Å²) in [5, 5.41) is 19.6. The Balaban J connectivity index is 3.94. The first-order valence-corrected chi connectivity index (χ1v) is 16.9. The van der Waals surface area contributed by atoms with E-state index in [0.29, 0.717) is 50.4 Å². The minimum atomic E-state index is -1.27. The molecule has 0 unspecified atom stereocenters. The minimum Gasteiger partial charge on any atom is -0.465 e. The van der Waals surface area contributed by atoms with Gasteiger partial charge in [-0.25, -0.2) is 4.84 Å². The topological polar surface area (TPSA) is 132 Å². The molecule has 0 bridgehead atoms. The van der Waals surface area contributed by atoms with Gasteiger partial charge in [-0.2, -0.15) is 0 Å². The molecule has 0 aliphatic rings. The number of aliphatic hydroxyl groups is 2. The van der Waals surface area contributed by atoms with E-state index < -0.39 is 30.6 Å². The number of rotatable bonds is 32. The fourth-order valence-corrected chi connectivity index (χ4v) is 4.06. The highest BCUT2D eigenvalue weighted by Crippen LogP contribution is 2.18. The van der Waals surface area contributed by atoms with E-state index in [0.717, 1.165) is 32.1 Å². The van der Waals surface area contributed by atoms with Crippen LogP contribution in [0.3, 0.4) is 0 Å². The molecule has 0 aromatic rings. The third-order valence-corrected chi connectivity index (χ3v) is 7.10. The lowest BCUT2D eigenvalue weighted by molar-refractivity contribution is -0.803. The summed E-state index contributed by atoms with van der Waals surface area (Å²) in [6.07, 6.45) is 23.3. The van der Waals surface area contributed by atoms with Gasteiger partial charge in [-0.1, -0.05) is 63.8 Å². The number of carbonyl (C=O) groups is 2. The summed E-state index contributed by atoms with van der Waals surface area (Å²) >= 11 is 0. The molecule has 0 saturated heterocycles. The zero-order valence-electron chi connectivity index (χ0n) is 27.7. The maximum Gasteiger partial charge on any atom is 0.305 e. The Labute approximate surface area is 266 Å². The molecule has 0 amide bonds. The van der Waals surface area contributed by atoms with Crippen molar-refractivity contribution in [2.45, 2.75) is 123 Å². The first kappa shape index (κ1) is 41.7. The van der Waals surface area contributed by atoms with Crippen molar-refractivity contribution in [2.24, 2.45) is 5.41 Å². The van der Waals surface area contributed by atoms with Crippen molar-refractivity contribution in [2.75, 3.05) is 52.8 Å². The van der Waals surface area contributed by atoms with Crippen LogP contribution in [-0.4, -0.2) is 79.9 Å². The standard InChI is InChI=1S/C34H62NO9/c1-3-5-7-9-11-13-14-19-25-41-26-21-17-23-33(39)43-31-34(28-36,29-37)30-42-32(38)22-16-18-24-35(40)44-27-20-15-12-10-8-6-4-2/h11-13,15,36-37H,3-10,14,16-31H2,1-2H3/q+1/b13-11-,15-12-. The number of allylic oxidation sites excluding steroid dienone is 3. The third-order valence-electron chi connectivity index (χ3n) is 7.10. The minimum absolute atomic E-state index is 0.0822. The second-order valence-electron chi connectivity index (χ2n) is 11.4. The summed E-state index contributed by atoms with van der Waals surface area (Å²) in [6.45, 7) is 4.54. The first-order valence-electron chi connectivity index (χ1n) is 16.9. The van der Waals surface area contributed by atoms with Gasteiger partial charge in [0, 0.05) is 38.9 Å². The molecule has 0 heterocycles. The number of ether oxygens (including phenoxy) is 3. The summed E-state index contributed by atoms with van der Waals surface area (Å²) in [5.41, 5.74) is -1.27. The maximum absolute atomic E-state index is 12.2. The lowest BCUT2D eigenvalue weighted by Gasteiger charge is -2.28. The zero-order valence-corrected chi connectivity index (χ0v) is 27.7. The Kier molecular flexibility index (Phi) is 29.1. The molecule has 10 heteroatoms. The van der Waals surface area contributed by atoms with Crippen molar-refractivity contribution in [3.63, 3.8) is 0 Å². The summed E-state index contributed by atoms with van der Waals surface area (Å²) in [7, 11) is 0. The Hall–Kier alpha value is -2.30. The molecular formula is C34H62NO9+. The molecule has 2 N–H and O–H groups in total. The molecule has 0 fully saturated rings. The molecule has 0 aliphatic heterocycles. The SMILES string of the molecule is CCCCC/C=C\CCCOCCCCC(=O)OCC(CO)(CO)COC(=O)CCCC[N+](=O)OCC/C=C\CCCCC. The predicted molar refractivity (Wildman–Crippen MR) is 172 cm³/mol. The van der Waals surface area contributed by atoms with E-state index in [9.17, 15) is 24.7 Å². The van der Waals surface area contributed by atoms with Crippen LogP contribution < -0.4 is 0 Å². The summed E-state index contributed by atoms with van der Waals surface area (Å²) in [4.78, 5) is 41.7. The number of aliphatic hydroxyl groups excluding tert-OH is 2. The van der Waals surface area contributed by atoms with E-state index in [1.807, 2.05) is 6.08 Å². The van der Waals surface area contributed by atoms with Gasteiger partial charge < -0.3 is 24.4 Å². The average molecular weight is 629 g/mol. The van der Waals surface area contributed by atoms with E-state index in [4.69, 9.17) is 19.0 Å². The smallest absolute Gasteiger partial charge is 0.305 e. The Bertz CT molecular complexity index is 766. The Morgan fingerprint density at radius 1 is 0.636 bits per heavy atom. The number of carbonyl (C=O) groups excluding carboxylic acids is 2. The van der Waals surface area contributed by atoms with Gasteiger partial charge in [-0.3, -0.25) is 9.59 Å². The average Bonchev–Trinajstić information content (AvgIpc) is 3.03. The van der Waals surface area contributed by atoms with Crippen LogP contribution in [0.2, 0.25) is 0 Å². The van der Waals surface area contributed by atoms with Gasteiger partial charge in [0.2, 0.25) is 11.5 Å². The summed E-state index contributed by atoms with van der Waals surface area (Å²) in [5.74, 6) is -0.958. The van der Waals surface area contributed by atoms with E-state index in [1.165, 1.54) is 38.5 Å². The van der Waals surface area contributed by atoms with Gasteiger partial charge in [0.05, 0.1) is 23.5 Å². The van der Waals surface area contributed by atoms with E-state index >= 15 is 0 Å². The van der Waals surface area contributed by atoms with Crippen LogP contribution in [0.15, 0.2) is 24.3 Å². The molecule has 0 aliphatic carbocycles. The summed E-state index contributed by atoms with van der Waals surface area (Å²) in [6, 6.07) is 0. The highest BCUT2D eigenvalue weighted by atomic mass is 16.8. The molecule has 0 spiro atoms. The molecule has 0 rings (SSSR count). The second-order valence-corrected chi connectivity index (χ2v) is 11.4. The molecular weight excluding hydrogens is 566 g/mol. The van der Waals surface area contributed by atoms with Crippen molar-refractivity contribution in [3.05, 3.63) is 29.2 Å². The van der Waals surface area contributed by atoms with E-state index in [1.54, 1.807) is 0 Å². The highest BCUT2D eigenvalue weighted by molar-refractivity contribution is 5.69. The van der Waals surface area contributed by atoms with Crippen LogP contribution in [0, 0.1) is 10.3 Å². The van der Waals surface area contributed by atoms with Crippen LogP contribution in [0.1, 0.15) is 123 Å². The molecule has 256 valence electrons. The zero-order chi connectivity index (χ0) is 32.6. The fourth-order valence-electron chi connectivity index (χ4n) is 4.06. The predicted octanol–water partition coefficient (Wildman–Crippen LogP) is 6.55. The lowest BCUT2D eigenvalue weighted by Crippen LogP contribution is -2.41. The Morgan fingerprint density at radius 3 is 1.68 bits per heavy atom. The van der Waals surface area contributed by atoms with Gasteiger partial charge in [-0.15, -0.1) is 0 Å². The summed E-state index contributed by atoms with van der Waals surface area (Å²) < 4.78 is 16.1. The molecule has 0 aromatic heterocycles. The van der Waals surface area contributed by atoms with Crippen LogP contribution in [0.4, 0.5) is 0 Å². The van der Waals surface area contributed by atoms with Gasteiger partial charge in [0.25, 0.3) is 0 Å². The quantitative estimate of drug-likeness (QED) is 0.0368. The molecule has 0 atom stereocenters. The van der Waals surface area contributed by atoms with E-state index in [-0.39, 0.29) is 32.6 Å². The van der Waals surface area contributed by atoms with Crippen molar-refractivity contribution in [1.29, 1.82) is 0 Å². The molecule has 0 radical (unpaired) electrons. The lowest BCUT2D eigenvalue weighted by atomic mass is 9.92. The van der Waals surface area contributed by atoms with Crippen LogP contribution in [0.25, 0.3) is 0 Å². The largest absolute Gasteiger partial charge is 0.465 e. The van der Waals surface area contributed by atoms with Gasteiger partial charge in [0.1, 0.15) is 13.2 Å². The van der Waals surface area contributed by atoms with Crippen LogP contribution >= 0.6 is 0 Å². The second kappa shape index (κ2) is 30.7. The third kappa shape index (κ3) is 26.1. The van der Waals surface area contributed by atoms with Crippen LogP contribution in [0.5, 0.6) is 0 Å². The van der Waals surface area contributed by atoms with Crippen molar-refractivity contribution in [3.8, 4) is 0 Å². The Morgan fingerprint density at radius 2 is 1.14 bits per heavy atom. The number of esters is 2. The fraction of sp³-hybridized carbons (Fsp3) is 0.824. The molecule has 44 heavy (non-hydrogen) atoms. The molecule has 10 nitrogen and oxygen atoms in total. The number of hydrogen-bond acceptors (Lipinski definition) is 9.